The molecule has 0 fully saturated rings. The highest BCUT2D eigenvalue weighted by Gasteiger charge is 2.35. The molecule has 6 heteroatoms. The van der Waals surface area contributed by atoms with Crippen LogP contribution in [-0.4, -0.2) is 41.5 Å². The number of Topliss-reactive ketones (excluding diaryl/α,β-unsaturated/α-hetero) is 1. The van der Waals surface area contributed by atoms with Crippen LogP contribution in [0.4, 0.5) is 0 Å². The SMILES string of the molecule is COC(=O)C1=C(O)C2=CC(OCc3ccccc3)C(=O)CC2=CN1CC(C)C. The van der Waals surface area contributed by atoms with Crippen molar-refractivity contribution in [1.29, 1.82) is 0 Å². The number of nitrogens with zero attached hydrogens (tertiary/aromatic N) is 1. The third-order valence-corrected chi connectivity index (χ3v) is 4.64. The van der Waals surface area contributed by atoms with Crippen LogP contribution >= 0.6 is 0 Å². The van der Waals surface area contributed by atoms with Crippen LogP contribution in [0, 0.1) is 5.92 Å². The van der Waals surface area contributed by atoms with Crippen molar-refractivity contribution in [3.05, 3.63) is 70.8 Å². The zero-order valence-electron chi connectivity index (χ0n) is 16.3. The first-order chi connectivity index (χ1) is 13.4. The van der Waals surface area contributed by atoms with E-state index in [1.807, 2.05) is 44.2 Å². The maximum Gasteiger partial charge on any atom is 0.358 e. The van der Waals surface area contributed by atoms with Gasteiger partial charge in [-0.1, -0.05) is 44.2 Å². The Bertz CT molecular complexity index is 851. The van der Waals surface area contributed by atoms with Crippen molar-refractivity contribution in [1.82, 2.24) is 4.90 Å². The molecule has 0 saturated carbocycles. The van der Waals surface area contributed by atoms with Gasteiger partial charge >= 0.3 is 5.97 Å². The van der Waals surface area contributed by atoms with Crippen molar-refractivity contribution in [2.75, 3.05) is 13.7 Å². The topological polar surface area (TPSA) is 76.1 Å². The largest absolute Gasteiger partial charge is 0.505 e. The second kappa shape index (κ2) is 8.44. The number of aliphatic hydroxyl groups excluding tert-OH is 1. The second-order valence-electron chi connectivity index (χ2n) is 7.33. The summed E-state index contributed by atoms with van der Waals surface area (Å²) in [6.07, 6.45) is 2.71. The Labute approximate surface area is 164 Å². The van der Waals surface area contributed by atoms with Crippen LogP contribution in [-0.2, 0) is 25.7 Å². The molecule has 0 saturated heterocycles. The molecule has 3 rings (SSSR count). The monoisotopic (exact) mass is 383 g/mol. The molecule has 0 bridgehead atoms. The fourth-order valence-corrected chi connectivity index (χ4v) is 3.35. The Kier molecular flexibility index (Phi) is 5.99. The summed E-state index contributed by atoms with van der Waals surface area (Å²) in [6.45, 7) is 4.83. The number of hydrogen-bond donors (Lipinski definition) is 1. The number of allylic oxidation sites excluding steroid dienone is 1. The lowest BCUT2D eigenvalue weighted by Crippen LogP contribution is -2.35. The van der Waals surface area contributed by atoms with Crippen LogP contribution in [0.5, 0.6) is 0 Å². The van der Waals surface area contributed by atoms with Gasteiger partial charge in [-0.25, -0.2) is 4.79 Å². The van der Waals surface area contributed by atoms with E-state index >= 15 is 0 Å². The smallest absolute Gasteiger partial charge is 0.358 e. The first kappa shape index (κ1) is 19.9. The van der Waals surface area contributed by atoms with Gasteiger partial charge in [0, 0.05) is 24.7 Å². The number of ether oxygens (including phenoxy) is 2. The van der Waals surface area contributed by atoms with Crippen LogP contribution < -0.4 is 0 Å². The van der Waals surface area contributed by atoms with Crippen molar-refractivity contribution in [3.8, 4) is 0 Å². The van der Waals surface area contributed by atoms with E-state index in [2.05, 4.69) is 0 Å². The zero-order valence-corrected chi connectivity index (χ0v) is 16.3. The molecule has 1 N–H and O–H groups in total. The maximum atomic E-state index is 12.6. The predicted octanol–water partition coefficient (Wildman–Crippen LogP) is 3.27. The van der Waals surface area contributed by atoms with Gasteiger partial charge in [-0.15, -0.1) is 0 Å². The Morgan fingerprint density at radius 2 is 2.00 bits per heavy atom. The molecule has 2 aliphatic rings. The van der Waals surface area contributed by atoms with Gasteiger partial charge < -0.3 is 19.5 Å². The minimum atomic E-state index is -0.773. The van der Waals surface area contributed by atoms with E-state index in [1.165, 1.54) is 7.11 Å². The van der Waals surface area contributed by atoms with Crippen LogP contribution in [0.2, 0.25) is 0 Å². The van der Waals surface area contributed by atoms with Gasteiger partial charge in [0.25, 0.3) is 0 Å². The van der Waals surface area contributed by atoms with Gasteiger partial charge in [-0.3, -0.25) is 4.79 Å². The Morgan fingerprint density at radius 3 is 2.64 bits per heavy atom. The number of hydrogen-bond acceptors (Lipinski definition) is 6. The van der Waals surface area contributed by atoms with Gasteiger partial charge in [0.15, 0.2) is 17.2 Å². The number of carbonyl (C=O) groups is 2. The fourth-order valence-electron chi connectivity index (χ4n) is 3.35. The predicted molar refractivity (Wildman–Crippen MR) is 104 cm³/mol. The average molecular weight is 383 g/mol. The van der Waals surface area contributed by atoms with Gasteiger partial charge in [0.1, 0.15) is 6.10 Å². The van der Waals surface area contributed by atoms with E-state index in [9.17, 15) is 14.7 Å². The molecule has 0 aromatic heterocycles. The number of methoxy groups -OCH3 is 1. The Hall–Kier alpha value is -2.86. The first-order valence-corrected chi connectivity index (χ1v) is 9.30. The maximum absolute atomic E-state index is 12.6. The lowest BCUT2D eigenvalue weighted by Gasteiger charge is -2.33. The lowest BCUT2D eigenvalue weighted by atomic mass is 9.87. The highest BCUT2D eigenvalue weighted by atomic mass is 16.5. The number of ketones is 1. The van der Waals surface area contributed by atoms with Gasteiger partial charge in [-0.05, 0) is 23.1 Å². The molecule has 1 heterocycles. The fraction of sp³-hybridized carbons (Fsp3) is 0.364. The van der Waals surface area contributed by atoms with Crippen LogP contribution in [0.25, 0.3) is 0 Å². The first-order valence-electron chi connectivity index (χ1n) is 9.30. The summed E-state index contributed by atoms with van der Waals surface area (Å²) in [5, 5.41) is 10.8. The Morgan fingerprint density at radius 1 is 1.29 bits per heavy atom. The third-order valence-electron chi connectivity index (χ3n) is 4.64. The average Bonchev–Trinajstić information content (AvgIpc) is 2.66. The van der Waals surface area contributed by atoms with Crippen molar-refractivity contribution >= 4 is 11.8 Å². The molecule has 1 atom stereocenters. The highest BCUT2D eigenvalue weighted by molar-refractivity contribution is 5.94. The van der Waals surface area contributed by atoms with E-state index in [0.717, 1.165) is 5.56 Å². The molecule has 1 unspecified atom stereocenters. The molecule has 148 valence electrons. The van der Waals surface area contributed by atoms with E-state index in [4.69, 9.17) is 9.47 Å². The van der Waals surface area contributed by atoms with Crippen LogP contribution in [0.1, 0.15) is 25.8 Å². The molecule has 0 radical (unpaired) electrons. The van der Waals surface area contributed by atoms with Gasteiger partial charge in [0.05, 0.1) is 13.7 Å². The van der Waals surface area contributed by atoms with Crippen molar-refractivity contribution in [3.63, 3.8) is 0 Å². The summed E-state index contributed by atoms with van der Waals surface area (Å²) < 4.78 is 10.6. The van der Waals surface area contributed by atoms with Crippen molar-refractivity contribution in [2.45, 2.75) is 33.0 Å². The normalized spacial score (nSPS) is 19.4. The van der Waals surface area contributed by atoms with E-state index in [1.54, 1.807) is 17.2 Å². The number of rotatable bonds is 6. The molecule has 1 aliphatic heterocycles. The van der Waals surface area contributed by atoms with Crippen molar-refractivity contribution < 1.29 is 24.2 Å². The summed E-state index contributed by atoms with van der Waals surface area (Å²) >= 11 is 0. The lowest BCUT2D eigenvalue weighted by molar-refractivity contribution is -0.138. The van der Waals surface area contributed by atoms with E-state index < -0.39 is 12.1 Å². The standard InChI is InChI=1S/C22H25NO5/c1-14(2)11-23-12-16-9-18(24)19(28-13-15-7-5-4-6-8-15)10-17(16)21(25)20(23)22(26)27-3/h4-8,10,12,14,19,25H,9,11,13H2,1-3H3. The number of aliphatic hydroxyl groups is 1. The van der Waals surface area contributed by atoms with Crippen LogP contribution in [0.15, 0.2) is 65.2 Å². The molecule has 6 nitrogen and oxygen atoms in total. The number of benzene rings is 1. The van der Waals surface area contributed by atoms with Crippen molar-refractivity contribution in [2.24, 2.45) is 5.92 Å². The summed E-state index contributed by atoms with van der Waals surface area (Å²) in [5.41, 5.74) is 2.17. The molecule has 0 spiro atoms. The zero-order chi connectivity index (χ0) is 20.3. The Balaban J connectivity index is 1.90. The third kappa shape index (κ3) is 4.17. The minimum Gasteiger partial charge on any atom is -0.505 e. The number of fused-ring (bicyclic) bond motifs is 1. The molecular weight excluding hydrogens is 358 g/mol. The molecule has 0 amide bonds. The van der Waals surface area contributed by atoms with Gasteiger partial charge in [0.2, 0.25) is 0 Å². The quantitative estimate of drug-likeness (QED) is 0.760. The number of carbonyl (C=O) groups excluding carboxylic acids is 2. The molecule has 1 aliphatic carbocycles. The second-order valence-corrected chi connectivity index (χ2v) is 7.33. The highest BCUT2D eigenvalue weighted by Crippen LogP contribution is 2.35. The molecule has 1 aromatic rings. The summed E-state index contributed by atoms with van der Waals surface area (Å²) in [6, 6.07) is 9.56. The molecular formula is C22H25NO5. The minimum absolute atomic E-state index is 0.0789. The van der Waals surface area contributed by atoms with Gasteiger partial charge in [-0.2, -0.15) is 0 Å². The summed E-state index contributed by atoms with van der Waals surface area (Å²) in [5.74, 6) is -0.625. The van der Waals surface area contributed by atoms with E-state index in [0.29, 0.717) is 17.7 Å². The number of esters is 1. The summed E-state index contributed by atoms with van der Waals surface area (Å²) in [7, 11) is 1.28. The van der Waals surface area contributed by atoms with Crippen LogP contribution in [0.3, 0.4) is 0 Å². The molecule has 1 aromatic carbocycles. The van der Waals surface area contributed by atoms with E-state index in [-0.39, 0.29) is 36.2 Å². The molecule has 28 heavy (non-hydrogen) atoms. The summed E-state index contributed by atoms with van der Waals surface area (Å²) in [4.78, 5) is 26.5.